The van der Waals surface area contributed by atoms with E-state index in [-0.39, 0.29) is 5.91 Å². The number of rotatable bonds is 5. The summed E-state index contributed by atoms with van der Waals surface area (Å²) in [6, 6.07) is 8.06. The summed E-state index contributed by atoms with van der Waals surface area (Å²) in [5.41, 5.74) is 11.7. The number of aliphatic carboxylic acids is 1. The number of alkyl halides is 3. The van der Waals surface area contributed by atoms with Gasteiger partial charge in [-0.3, -0.25) is 9.59 Å². The van der Waals surface area contributed by atoms with E-state index in [9.17, 15) is 22.8 Å². The Balaban J connectivity index is 0.000000640. The maximum atomic E-state index is 11.6. The Kier molecular flexibility index (Phi) is 8.47. The summed E-state index contributed by atoms with van der Waals surface area (Å²) in [5.74, 6) is -3.71. The normalized spacial score (nSPS) is 13.0. The average Bonchev–Trinajstić information content (AvgIpc) is 2.47. The Hall–Kier alpha value is -2.62. The number of carboxylic acid groups (broad SMARTS) is 1. The van der Waals surface area contributed by atoms with Crippen LogP contribution in [-0.4, -0.2) is 41.2 Å². The van der Waals surface area contributed by atoms with Crippen molar-refractivity contribution in [2.75, 3.05) is 0 Å². The van der Waals surface area contributed by atoms with E-state index < -0.39 is 30.1 Å². The maximum absolute atomic E-state index is 11.6. The van der Waals surface area contributed by atoms with Gasteiger partial charge in [0.25, 0.3) is 0 Å². The van der Waals surface area contributed by atoms with Crippen molar-refractivity contribution >= 4 is 17.8 Å². The van der Waals surface area contributed by atoms with E-state index in [1.54, 1.807) is 0 Å². The van der Waals surface area contributed by atoms with Crippen molar-refractivity contribution in [1.82, 2.24) is 5.32 Å². The highest BCUT2D eigenvalue weighted by atomic mass is 19.4. The molecule has 24 heavy (non-hydrogen) atoms. The first-order valence-corrected chi connectivity index (χ1v) is 6.64. The van der Waals surface area contributed by atoms with Crippen LogP contribution in [0.2, 0.25) is 0 Å². The van der Waals surface area contributed by atoms with Gasteiger partial charge in [0.05, 0.1) is 6.04 Å². The summed E-state index contributed by atoms with van der Waals surface area (Å²) >= 11 is 0. The van der Waals surface area contributed by atoms with Gasteiger partial charge in [-0.1, -0.05) is 30.3 Å². The summed E-state index contributed by atoms with van der Waals surface area (Å²) in [6.07, 6.45) is -4.65. The SMILES string of the molecule is C[C@H](NC(=O)[C@@H](N)Cc1ccccc1)C(N)=O.O=C(O)C(F)(F)F. The van der Waals surface area contributed by atoms with E-state index in [1.165, 1.54) is 6.92 Å². The topological polar surface area (TPSA) is 136 Å². The molecule has 10 heteroatoms. The Bertz CT molecular complexity index is 564. The van der Waals surface area contributed by atoms with Gasteiger partial charge in [-0.2, -0.15) is 13.2 Å². The molecule has 1 rings (SSSR count). The third kappa shape index (κ3) is 8.73. The standard InChI is InChI=1S/C12H17N3O2.C2HF3O2/c1-8(11(14)16)15-12(17)10(13)7-9-5-3-2-4-6-9;3-2(4,5)1(6)7/h2-6,8,10H,7,13H2,1H3,(H2,14,16)(H,15,17);(H,6,7)/t8-,10-;/m0./s1. The molecule has 0 bridgehead atoms. The second kappa shape index (κ2) is 9.50. The summed E-state index contributed by atoms with van der Waals surface area (Å²) in [5, 5.41) is 9.59. The smallest absolute Gasteiger partial charge is 0.475 e. The number of hydrogen-bond acceptors (Lipinski definition) is 4. The molecule has 2 amide bonds. The summed E-state index contributed by atoms with van der Waals surface area (Å²) in [4.78, 5) is 31.3. The van der Waals surface area contributed by atoms with Gasteiger partial charge in [0.15, 0.2) is 0 Å². The summed E-state index contributed by atoms with van der Waals surface area (Å²) in [6.45, 7) is 1.52. The number of carbonyl (C=O) groups excluding carboxylic acids is 2. The van der Waals surface area contributed by atoms with E-state index in [1.807, 2.05) is 30.3 Å². The minimum atomic E-state index is -5.08. The van der Waals surface area contributed by atoms with Crippen LogP contribution in [0.15, 0.2) is 30.3 Å². The van der Waals surface area contributed by atoms with Crippen LogP contribution in [0, 0.1) is 0 Å². The van der Waals surface area contributed by atoms with Crippen LogP contribution in [0.25, 0.3) is 0 Å². The second-order valence-corrected chi connectivity index (χ2v) is 4.73. The molecule has 0 aliphatic heterocycles. The highest BCUT2D eigenvalue weighted by molar-refractivity contribution is 5.88. The molecule has 134 valence electrons. The number of nitrogens with two attached hydrogens (primary N) is 2. The molecular weight excluding hydrogens is 331 g/mol. The van der Waals surface area contributed by atoms with E-state index in [0.717, 1.165) is 5.56 Å². The quantitative estimate of drug-likeness (QED) is 0.601. The van der Waals surface area contributed by atoms with Crippen molar-refractivity contribution in [3.8, 4) is 0 Å². The molecule has 7 nitrogen and oxygen atoms in total. The zero-order chi connectivity index (χ0) is 18.9. The first-order chi connectivity index (χ1) is 10.9. The van der Waals surface area contributed by atoms with Crippen LogP contribution in [0.4, 0.5) is 13.2 Å². The zero-order valence-corrected chi connectivity index (χ0v) is 12.7. The molecule has 0 saturated heterocycles. The van der Waals surface area contributed by atoms with Crippen molar-refractivity contribution in [2.45, 2.75) is 31.6 Å². The van der Waals surface area contributed by atoms with Gasteiger partial charge >= 0.3 is 12.1 Å². The predicted octanol–water partition coefficient (Wildman–Crippen LogP) is 0.180. The van der Waals surface area contributed by atoms with Crippen LogP contribution < -0.4 is 16.8 Å². The average molecular weight is 349 g/mol. The maximum Gasteiger partial charge on any atom is 0.490 e. The fourth-order valence-electron chi connectivity index (χ4n) is 1.35. The molecular formula is C14H18F3N3O4. The second-order valence-electron chi connectivity index (χ2n) is 4.73. The first-order valence-electron chi connectivity index (χ1n) is 6.64. The summed E-state index contributed by atoms with van der Waals surface area (Å²) in [7, 11) is 0. The number of halogens is 3. The lowest BCUT2D eigenvalue weighted by atomic mass is 10.1. The monoisotopic (exact) mass is 349 g/mol. The number of nitrogens with one attached hydrogen (secondary N) is 1. The van der Waals surface area contributed by atoms with Gasteiger partial charge in [-0.05, 0) is 18.9 Å². The zero-order valence-electron chi connectivity index (χ0n) is 12.7. The molecule has 1 aromatic rings. The molecule has 0 aliphatic rings. The molecule has 0 spiro atoms. The molecule has 2 atom stereocenters. The molecule has 1 aromatic carbocycles. The van der Waals surface area contributed by atoms with Crippen LogP contribution in [0.5, 0.6) is 0 Å². The number of amides is 2. The van der Waals surface area contributed by atoms with Crippen molar-refractivity contribution in [3.63, 3.8) is 0 Å². The highest BCUT2D eigenvalue weighted by Crippen LogP contribution is 2.13. The molecule has 0 radical (unpaired) electrons. The number of hydrogen-bond donors (Lipinski definition) is 4. The van der Waals surface area contributed by atoms with Gasteiger partial charge < -0.3 is 21.9 Å². The van der Waals surface area contributed by atoms with Crippen molar-refractivity contribution in [2.24, 2.45) is 11.5 Å². The molecule has 0 saturated carbocycles. The lowest BCUT2D eigenvalue weighted by Crippen LogP contribution is -2.49. The molecule has 6 N–H and O–H groups in total. The molecule has 0 unspecified atom stereocenters. The van der Waals surface area contributed by atoms with E-state index in [0.29, 0.717) is 6.42 Å². The Labute approximate surface area is 135 Å². The Morgan fingerprint density at radius 3 is 2.04 bits per heavy atom. The first kappa shape index (κ1) is 21.4. The molecule has 0 aromatic heterocycles. The number of benzene rings is 1. The van der Waals surface area contributed by atoms with Crippen molar-refractivity contribution < 1.29 is 32.7 Å². The lowest BCUT2D eigenvalue weighted by Gasteiger charge is -2.15. The number of primary amides is 1. The fraction of sp³-hybridized carbons (Fsp3) is 0.357. The van der Waals surface area contributed by atoms with E-state index in [2.05, 4.69) is 5.32 Å². The molecule has 0 fully saturated rings. The van der Waals surface area contributed by atoms with Crippen LogP contribution >= 0.6 is 0 Å². The summed E-state index contributed by atoms with van der Waals surface area (Å²) < 4.78 is 31.7. The minimum absolute atomic E-state index is 0.375. The number of carbonyl (C=O) groups is 3. The van der Waals surface area contributed by atoms with Gasteiger partial charge in [0.1, 0.15) is 6.04 Å². The van der Waals surface area contributed by atoms with Crippen LogP contribution in [-0.2, 0) is 20.8 Å². The van der Waals surface area contributed by atoms with Crippen molar-refractivity contribution in [3.05, 3.63) is 35.9 Å². The number of carboxylic acids is 1. The third-order valence-corrected chi connectivity index (χ3v) is 2.66. The lowest BCUT2D eigenvalue weighted by molar-refractivity contribution is -0.192. The van der Waals surface area contributed by atoms with Gasteiger partial charge in [0, 0.05) is 0 Å². The Morgan fingerprint density at radius 2 is 1.67 bits per heavy atom. The van der Waals surface area contributed by atoms with E-state index in [4.69, 9.17) is 21.4 Å². The minimum Gasteiger partial charge on any atom is -0.475 e. The fourth-order valence-corrected chi connectivity index (χ4v) is 1.35. The van der Waals surface area contributed by atoms with Gasteiger partial charge in [-0.15, -0.1) is 0 Å². The van der Waals surface area contributed by atoms with E-state index >= 15 is 0 Å². The third-order valence-electron chi connectivity index (χ3n) is 2.66. The van der Waals surface area contributed by atoms with Gasteiger partial charge in [-0.25, -0.2) is 4.79 Å². The molecule has 0 heterocycles. The van der Waals surface area contributed by atoms with Gasteiger partial charge in [0.2, 0.25) is 11.8 Å². The molecule has 0 aliphatic carbocycles. The van der Waals surface area contributed by atoms with Crippen LogP contribution in [0.1, 0.15) is 12.5 Å². The Morgan fingerprint density at radius 1 is 1.21 bits per heavy atom. The predicted molar refractivity (Wildman–Crippen MR) is 78.6 cm³/mol. The highest BCUT2D eigenvalue weighted by Gasteiger charge is 2.38. The van der Waals surface area contributed by atoms with Crippen LogP contribution in [0.3, 0.4) is 0 Å². The largest absolute Gasteiger partial charge is 0.490 e. The van der Waals surface area contributed by atoms with Crippen molar-refractivity contribution in [1.29, 1.82) is 0 Å².